The molecule has 0 spiro atoms. The zero-order valence-corrected chi connectivity index (χ0v) is 77.8. The third-order valence-electron chi connectivity index (χ3n) is 6.64. The fourth-order valence-electron chi connectivity index (χ4n) is 4.67. The van der Waals surface area contributed by atoms with Crippen LogP contribution in [0, 0.1) is 43.1 Å². The molecule has 11 N–H and O–H groups in total. The van der Waals surface area contributed by atoms with Crippen molar-refractivity contribution in [1.29, 1.82) is 0 Å². The average Bonchev–Trinajstić information content (AvgIpc) is 4.84. The van der Waals surface area contributed by atoms with E-state index in [0.29, 0.717) is 0 Å². The molecule has 5 rings (SSSR count). The Kier molecular flexibility index (Phi) is 5840. The third-order valence-corrected chi connectivity index (χ3v) is 6.64. The zero-order valence-electron chi connectivity index (χ0n) is 64.7. The van der Waals surface area contributed by atoms with Gasteiger partial charge in [0.15, 0.2) is 0 Å². The van der Waals surface area contributed by atoms with Gasteiger partial charge in [-0.3, -0.25) is 149 Å². The molecular formula is C64H133Co2Fe2Mn3O33Ru3-8. The predicted octanol–water partition coefficient (Wildman–Crippen LogP) is 1.89. The topological polar surface area (TPSA) is 598 Å². The van der Waals surface area contributed by atoms with Crippen LogP contribution in [0.15, 0.2) is 0 Å². The van der Waals surface area contributed by atoms with Gasteiger partial charge >= 0.3 is 144 Å². The third kappa shape index (κ3) is 1750. The molecule has 2 radical (unpaired) electrons. The van der Waals surface area contributed by atoms with Crippen LogP contribution in [0.3, 0.4) is 0 Å². The normalized spacial score (nSPS) is 7.36. The number of rotatable bonds is 0. The molecule has 33 nitrogen and oxygen atoms in total. The van der Waals surface area contributed by atoms with Crippen molar-refractivity contribution in [3.05, 3.63) is 37.1 Å². The van der Waals surface area contributed by atoms with Gasteiger partial charge in [-0.2, -0.15) is 0 Å². The van der Waals surface area contributed by atoms with Crippen molar-refractivity contribution in [2.24, 2.45) is 5.92 Å². The molecule has 0 aromatic carbocycles. The maximum absolute atomic E-state index is 7.75. The van der Waals surface area contributed by atoms with Gasteiger partial charge in [0.25, 0.3) is 0 Å². The molecule has 5 aliphatic rings. The number of carbonyl (C=O) groups excluding carboxylic acids is 22. The summed E-state index contributed by atoms with van der Waals surface area (Å²) < 4.78 is 0. The Labute approximate surface area is 764 Å². The molecule has 0 heterocycles. The Morgan fingerprint density at radius 2 is 0.196 bits per heavy atom. The van der Waals surface area contributed by atoms with Crippen molar-refractivity contribution in [3.63, 3.8) is 0 Å². The molecular weight excluding hydrogens is 1990 g/mol. The van der Waals surface area contributed by atoms with Gasteiger partial charge in [-0.05, 0) is 5.92 Å². The fourth-order valence-corrected chi connectivity index (χ4v) is 4.67. The van der Waals surface area contributed by atoms with E-state index < -0.39 is 0 Å². The van der Waals surface area contributed by atoms with Crippen LogP contribution in [0.2, 0.25) is 0 Å². The molecule has 0 atom stereocenters. The van der Waals surface area contributed by atoms with Crippen molar-refractivity contribution < 1.29 is 339 Å². The van der Waals surface area contributed by atoms with Crippen molar-refractivity contribution >= 4 is 149 Å². The van der Waals surface area contributed by atoms with E-state index in [1.165, 1.54) is 154 Å². The van der Waals surface area contributed by atoms with Crippen LogP contribution in [0.4, 0.5) is 0 Å². The van der Waals surface area contributed by atoms with Crippen LogP contribution < -0.4 is 0 Å². The van der Waals surface area contributed by atoms with Gasteiger partial charge < -0.3 is 199 Å². The first-order chi connectivity index (χ1) is 45.9. The van der Waals surface area contributed by atoms with E-state index in [1.54, 1.807) is 0 Å². The molecule has 0 aromatic rings. The number of aliphatic hydroxyl groups excluding tert-OH is 11. The van der Waals surface area contributed by atoms with Gasteiger partial charge in [-0.25, -0.2) is 0 Å². The molecule has 0 bridgehead atoms. The van der Waals surface area contributed by atoms with Crippen LogP contribution in [0.25, 0.3) is 0 Å². The van der Waals surface area contributed by atoms with Crippen LogP contribution in [0.1, 0.15) is 161 Å². The minimum absolute atomic E-state index is 0. The first kappa shape index (κ1) is 350. The minimum atomic E-state index is 0. The Morgan fingerprint density at radius 3 is 0.215 bits per heavy atom. The quantitative estimate of drug-likeness (QED) is 0.0937. The van der Waals surface area contributed by atoms with E-state index in [4.69, 9.17) is 162 Å². The first-order valence-corrected chi connectivity index (χ1v) is 23.0. The van der Waals surface area contributed by atoms with E-state index in [0.717, 1.165) is 84.1 Å². The van der Waals surface area contributed by atoms with Crippen LogP contribution in [0.5, 0.6) is 0 Å². The molecule has 107 heavy (non-hydrogen) atoms. The van der Waals surface area contributed by atoms with E-state index in [-0.39, 0.29) is 214 Å². The van der Waals surface area contributed by atoms with Crippen molar-refractivity contribution in [2.75, 3.05) is 78.2 Å². The Hall–Kier alpha value is -2.22. The maximum atomic E-state index is 7.75. The van der Waals surface area contributed by atoms with E-state index in [2.05, 4.69) is 156 Å². The second-order valence-corrected chi connectivity index (χ2v) is 9.46. The second-order valence-electron chi connectivity index (χ2n) is 9.46. The maximum Gasteiger partial charge on any atom is 3.00 e. The molecule has 5 saturated carbocycles. The van der Waals surface area contributed by atoms with Crippen molar-refractivity contribution in [3.8, 4) is 0 Å². The summed E-state index contributed by atoms with van der Waals surface area (Å²) in [6, 6.07) is 0. The number of aliphatic hydroxyl groups is 11. The van der Waals surface area contributed by atoms with Gasteiger partial charge in [0.05, 0.1) is 0 Å². The van der Waals surface area contributed by atoms with Gasteiger partial charge in [0.1, 0.15) is 0 Å². The van der Waals surface area contributed by atoms with Crippen LogP contribution in [-0.2, 0) is 283 Å². The molecule has 0 aliphatic heterocycles. The molecule has 0 saturated heterocycles. The van der Waals surface area contributed by atoms with E-state index in [9.17, 15) is 0 Å². The Morgan fingerprint density at radius 1 is 0.159 bits per heavy atom. The molecule has 0 unspecified atom stereocenters. The molecule has 5 fully saturated rings. The molecule has 0 aromatic heterocycles. The molecule has 0 amide bonds. The SMILES string of the molecule is C1CCCC1.C1CCCC1.C1CCCC1.C1CCCC1.CC1CCCC1.CO.CO.CO.CO.CO.CO.CO.CO.CO.CO.CO.[CH-]=O.[CH-]=O.[CH-]=O.[CH-]=O.[CH-]=O.[CH-]=O.[CH-]=O.[CH-]=O.[CH-]=O.[CH-]=O.[CH-]=O.[CH-]=O.[CH-]=O.[CH-]=O.[CH-]=O.[CH-]=O.[CH-]=O.[CH-]=O.[CH-]=O.[CH-]=O.[CH-]=O.[CH-]=O.[CH3-].[CH3-].[CH3-].[CH3-].[CH3-].[Co].[Co].[Fe+2].[Fe+2].[Mn+3].[Mn+3].[Mn+3].[Ru+2].[Ru+2].[Ru+2]. The average molecular weight is 2130 g/mol. The summed E-state index contributed by atoms with van der Waals surface area (Å²) in [5.74, 6) is 1.05. The fraction of sp³-hybridized carbons (Fsp3) is 0.578. The summed E-state index contributed by atoms with van der Waals surface area (Å²) in [7, 11) is 11.0. The smallest absolute Gasteiger partial charge is 0.545 e. The van der Waals surface area contributed by atoms with Crippen LogP contribution >= 0.6 is 0 Å². The van der Waals surface area contributed by atoms with Crippen molar-refractivity contribution in [1.82, 2.24) is 0 Å². The number of hydrogen-bond donors (Lipinski definition) is 11. The Bertz CT molecular complexity index is 517. The molecule has 43 heteroatoms. The Balaban J connectivity index is -0.00000000731. The van der Waals surface area contributed by atoms with Gasteiger partial charge in [-0.15, -0.1) is 0 Å². The molecule has 5 aliphatic carbocycles. The summed E-state index contributed by atoms with van der Waals surface area (Å²) in [5, 5.41) is 77.0. The second kappa shape index (κ2) is 1790. The van der Waals surface area contributed by atoms with E-state index >= 15 is 0 Å². The van der Waals surface area contributed by atoms with E-state index in [1.807, 2.05) is 0 Å². The summed E-state index contributed by atoms with van der Waals surface area (Å²) in [5.41, 5.74) is 0. The van der Waals surface area contributed by atoms with Crippen LogP contribution in [-0.4, -0.2) is 284 Å². The van der Waals surface area contributed by atoms with Gasteiger partial charge in [0, 0.05) is 112 Å². The first-order valence-electron chi connectivity index (χ1n) is 23.0. The largest absolute Gasteiger partial charge is 3.00 e. The standard InChI is InChI=1S/C6H12.4C5H10.11CH4O.22CHO.5CH3.2Co.2Fe.3Mn.3Ru/c1-6-4-2-3-5-6;4*1-2-4-5-3-1;33*1-2;;;;;;;;;;;;;;;/h6H,2-5H2,1H3;4*1-5H2;11*2H,1H3;22*1H;5*1H3;;;;;;;;;;/q;;;;;;;;;;;;;;;;27*-1;;;2*+2;3*+3;3*+2. The summed E-state index contributed by atoms with van der Waals surface area (Å²) in [6.07, 6.45) is 35.9. The predicted molar refractivity (Wildman–Crippen MR) is 390 cm³/mol. The van der Waals surface area contributed by atoms with Crippen molar-refractivity contribution in [2.45, 2.75) is 161 Å². The monoisotopic (exact) mass is 2130 g/mol. The minimum Gasteiger partial charge on any atom is -0.545 e. The summed E-state index contributed by atoms with van der Waals surface area (Å²) in [6.45, 7) is 73.8. The summed E-state index contributed by atoms with van der Waals surface area (Å²) in [4.78, 5) is 170. The number of hydrogen-bond acceptors (Lipinski definition) is 33. The van der Waals surface area contributed by atoms with Gasteiger partial charge in [-0.1, -0.05) is 161 Å². The zero-order chi connectivity index (χ0) is 84.5. The molecule has 674 valence electrons. The summed E-state index contributed by atoms with van der Waals surface area (Å²) >= 11 is 0. The van der Waals surface area contributed by atoms with Gasteiger partial charge in [0.2, 0.25) is 0 Å².